The Bertz CT molecular complexity index is 879. The largest absolute Gasteiger partial charge is 0.361 e. The molecule has 0 saturated heterocycles. The maximum Gasteiger partial charge on any atom is 0.0489 e. The molecule has 2 nitrogen and oxygen atoms in total. The van der Waals surface area contributed by atoms with Gasteiger partial charge in [-0.15, -0.1) is 0 Å². The SMILES string of the molecule is Cc1ccc2ccccc2c1N/C=C\C(=N)C(C)c1ccccc1. The van der Waals surface area contributed by atoms with E-state index in [9.17, 15) is 0 Å². The van der Waals surface area contributed by atoms with Crippen molar-refractivity contribution in [1.82, 2.24) is 0 Å². The molecule has 1 unspecified atom stereocenters. The van der Waals surface area contributed by atoms with E-state index in [0.29, 0.717) is 5.71 Å². The zero-order chi connectivity index (χ0) is 16.9. The molecule has 0 aliphatic carbocycles. The molecule has 0 aliphatic rings. The van der Waals surface area contributed by atoms with Gasteiger partial charge in [-0.05, 0) is 29.5 Å². The normalized spacial score (nSPS) is 12.4. The van der Waals surface area contributed by atoms with Gasteiger partial charge in [0.25, 0.3) is 0 Å². The fourth-order valence-electron chi connectivity index (χ4n) is 2.85. The van der Waals surface area contributed by atoms with Crippen LogP contribution in [0.15, 0.2) is 79.0 Å². The average molecular weight is 314 g/mol. The minimum absolute atomic E-state index is 0.0814. The lowest BCUT2D eigenvalue weighted by Crippen LogP contribution is -2.05. The van der Waals surface area contributed by atoms with E-state index < -0.39 is 0 Å². The second-order valence-corrected chi connectivity index (χ2v) is 6.04. The third-order valence-electron chi connectivity index (χ3n) is 4.39. The molecular formula is C22H22N2. The van der Waals surface area contributed by atoms with Crippen molar-refractivity contribution in [3.05, 3.63) is 90.1 Å². The van der Waals surface area contributed by atoms with Gasteiger partial charge >= 0.3 is 0 Å². The predicted molar refractivity (Wildman–Crippen MR) is 104 cm³/mol. The molecule has 0 aromatic heterocycles. The summed E-state index contributed by atoms with van der Waals surface area (Å²) in [7, 11) is 0. The molecule has 3 aromatic rings. The third kappa shape index (κ3) is 3.38. The maximum absolute atomic E-state index is 8.29. The monoisotopic (exact) mass is 314 g/mol. The highest BCUT2D eigenvalue weighted by molar-refractivity contribution is 5.99. The van der Waals surface area contributed by atoms with Gasteiger partial charge < -0.3 is 10.7 Å². The molecule has 24 heavy (non-hydrogen) atoms. The van der Waals surface area contributed by atoms with Gasteiger partial charge in [-0.1, -0.05) is 73.7 Å². The Morgan fingerprint density at radius 3 is 2.46 bits per heavy atom. The van der Waals surface area contributed by atoms with Crippen LogP contribution in [-0.2, 0) is 0 Å². The summed E-state index contributed by atoms with van der Waals surface area (Å²) in [4.78, 5) is 0. The van der Waals surface area contributed by atoms with Gasteiger partial charge in [0.1, 0.15) is 0 Å². The molecule has 0 fully saturated rings. The van der Waals surface area contributed by atoms with Gasteiger partial charge in [0, 0.05) is 28.9 Å². The molecule has 0 bridgehead atoms. The molecule has 3 rings (SSSR count). The van der Waals surface area contributed by atoms with Crippen LogP contribution in [0.4, 0.5) is 5.69 Å². The van der Waals surface area contributed by atoms with Crippen molar-refractivity contribution in [2.24, 2.45) is 0 Å². The van der Waals surface area contributed by atoms with Crippen LogP contribution >= 0.6 is 0 Å². The summed E-state index contributed by atoms with van der Waals surface area (Å²) >= 11 is 0. The summed E-state index contributed by atoms with van der Waals surface area (Å²) in [6.07, 6.45) is 3.72. The first-order chi connectivity index (χ1) is 11.7. The summed E-state index contributed by atoms with van der Waals surface area (Å²) in [6.45, 7) is 4.16. The van der Waals surface area contributed by atoms with Crippen LogP contribution in [0.5, 0.6) is 0 Å². The van der Waals surface area contributed by atoms with E-state index in [4.69, 9.17) is 5.41 Å². The highest BCUT2D eigenvalue weighted by Gasteiger charge is 2.08. The van der Waals surface area contributed by atoms with Crippen molar-refractivity contribution in [2.45, 2.75) is 19.8 Å². The summed E-state index contributed by atoms with van der Waals surface area (Å²) in [6, 6.07) is 22.8. The Kier molecular flexibility index (Phi) is 4.76. The summed E-state index contributed by atoms with van der Waals surface area (Å²) < 4.78 is 0. The van der Waals surface area contributed by atoms with E-state index in [1.807, 2.05) is 30.5 Å². The van der Waals surface area contributed by atoms with Crippen molar-refractivity contribution in [3.8, 4) is 0 Å². The molecule has 0 radical (unpaired) electrons. The average Bonchev–Trinajstić information content (AvgIpc) is 2.63. The molecule has 2 N–H and O–H groups in total. The molecule has 1 atom stereocenters. The highest BCUT2D eigenvalue weighted by atomic mass is 14.8. The van der Waals surface area contributed by atoms with Crippen molar-refractivity contribution >= 4 is 22.2 Å². The second kappa shape index (κ2) is 7.14. The molecule has 120 valence electrons. The van der Waals surface area contributed by atoms with Gasteiger partial charge in [0.05, 0.1) is 0 Å². The fraction of sp³-hybridized carbons (Fsp3) is 0.136. The molecule has 2 heteroatoms. The molecule has 0 aliphatic heterocycles. The maximum atomic E-state index is 8.29. The van der Waals surface area contributed by atoms with Gasteiger partial charge in [-0.3, -0.25) is 0 Å². The minimum atomic E-state index is 0.0814. The first-order valence-corrected chi connectivity index (χ1v) is 8.21. The second-order valence-electron chi connectivity index (χ2n) is 6.04. The lowest BCUT2D eigenvalue weighted by molar-refractivity contribution is 1.01. The third-order valence-corrected chi connectivity index (χ3v) is 4.39. The van der Waals surface area contributed by atoms with E-state index in [0.717, 1.165) is 11.3 Å². The Hall–Kier alpha value is -2.87. The number of hydrogen-bond donors (Lipinski definition) is 2. The topological polar surface area (TPSA) is 35.9 Å². The zero-order valence-corrected chi connectivity index (χ0v) is 14.1. The van der Waals surface area contributed by atoms with Crippen molar-refractivity contribution in [3.63, 3.8) is 0 Å². The Balaban J connectivity index is 1.77. The van der Waals surface area contributed by atoms with E-state index in [1.165, 1.54) is 16.3 Å². The van der Waals surface area contributed by atoms with Crippen LogP contribution in [0.3, 0.4) is 0 Å². The number of anilines is 1. The van der Waals surface area contributed by atoms with E-state index in [2.05, 4.69) is 67.7 Å². The Morgan fingerprint density at radius 2 is 1.67 bits per heavy atom. The number of benzene rings is 3. The lowest BCUT2D eigenvalue weighted by Gasteiger charge is -2.12. The lowest BCUT2D eigenvalue weighted by atomic mass is 9.96. The van der Waals surface area contributed by atoms with E-state index in [1.54, 1.807) is 0 Å². The molecule has 3 aromatic carbocycles. The summed E-state index contributed by atoms with van der Waals surface area (Å²) in [5, 5.41) is 14.1. The van der Waals surface area contributed by atoms with E-state index >= 15 is 0 Å². The first kappa shape index (κ1) is 16.0. The molecular weight excluding hydrogens is 292 g/mol. The highest BCUT2D eigenvalue weighted by Crippen LogP contribution is 2.27. The van der Waals surface area contributed by atoms with Gasteiger partial charge in [0.15, 0.2) is 0 Å². The van der Waals surface area contributed by atoms with E-state index in [-0.39, 0.29) is 5.92 Å². The van der Waals surface area contributed by atoms with Crippen LogP contribution in [0.25, 0.3) is 10.8 Å². The number of hydrogen-bond acceptors (Lipinski definition) is 2. The molecule has 0 heterocycles. The molecule has 0 amide bonds. The van der Waals surface area contributed by atoms with Crippen molar-refractivity contribution < 1.29 is 0 Å². The number of fused-ring (bicyclic) bond motifs is 1. The first-order valence-electron chi connectivity index (χ1n) is 8.21. The number of allylic oxidation sites excluding steroid dienone is 1. The number of nitrogens with one attached hydrogen (secondary N) is 2. The van der Waals surface area contributed by atoms with Crippen molar-refractivity contribution in [1.29, 1.82) is 5.41 Å². The van der Waals surface area contributed by atoms with Crippen LogP contribution < -0.4 is 5.32 Å². The smallest absolute Gasteiger partial charge is 0.0489 e. The minimum Gasteiger partial charge on any atom is -0.361 e. The number of aryl methyl sites for hydroxylation is 1. The van der Waals surface area contributed by atoms with Crippen LogP contribution in [0.2, 0.25) is 0 Å². The van der Waals surface area contributed by atoms with Crippen LogP contribution in [0.1, 0.15) is 24.0 Å². The van der Waals surface area contributed by atoms with Crippen LogP contribution in [0, 0.1) is 12.3 Å². The summed E-state index contributed by atoms with van der Waals surface area (Å²) in [5.74, 6) is 0.0814. The standard InChI is InChI=1S/C22H22N2/c1-16-12-13-19-10-6-7-11-20(19)22(16)24-15-14-21(23)17(2)18-8-4-3-5-9-18/h3-15,17,23-24H,1-2H3/b15-14-,23-21?. The Morgan fingerprint density at radius 1 is 0.958 bits per heavy atom. The molecule has 0 spiro atoms. The molecule has 0 saturated carbocycles. The quantitative estimate of drug-likeness (QED) is 0.565. The van der Waals surface area contributed by atoms with Gasteiger partial charge in [-0.25, -0.2) is 0 Å². The van der Waals surface area contributed by atoms with Crippen molar-refractivity contribution in [2.75, 3.05) is 5.32 Å². The summed E-state index contributed by atoms with van der Waals surface area (Å²) in [5.41, 5.74) is 4.05. The van der Waals surface area contributed by atoms with Gasteiger partial charge in [0.2, 0.25) is 0 Å². The fourth-order valence-corrected chi connectivity index (χ4v) is 2.85. The zero-order valence-electron chi connectivity index (χ0n) is 14.1. The predicted octanol–water partition coefficient (Wildman–Crippen LogP) is 5.90. The van der Waals surface area contributed by atoms with Gasteiger partial charge in [-0.2, -0.15) is 0 Å². The van der Waals surface area contributed by atoms with Crippen LogP contribution in [-0.4, -0.2) is 5.71 Å². The number of rotatable bonds is 5. The Labute approximate surface area is 143 Å².